The van der Waals surface area contributed by atoms with E-state index in [-0.39, 0.29) is 5.91 Å². The van der Waals surface area contributed by atoms with Crippen LogP contribution in [0.25, 0.3) is 11.0 Å². The van der Waals surface area contributed by atoms with Gasteiger partial charge in [-0.15, -0.1) is 6.58 Å². The van der Waals surface area contributed by atoms with Crippen LogP contribution in [0, 0.1) is 0 Å². The van der Waals surface area contributed by atoms with Gasteiger partial charge in [0.05, 0.1) is 31.2 Å². The van der Waals surface area contributed by atoms with Crippen LogP contribution in [0.2, 0.25) is 0 Å². The summed E-state index contributed by atoms with van der Waals surface area (Å²) in [5.41, 5.74) is 3.62. The van der Waals surface area contributed by atoms with E-state index in [1.807, 2.05) is 66.7 Å². The lowest BCUT2D eigenvalue weighted by atomic mass is 10.1. The van der Waals surface area contributed by atoms with Crippen LogP contribution < -0.4 is 14.8 Å². The smallest absolute Gasteiger partial charge is 0.251 e. The summed E-state index contributed by atoms with van der Waals surface area (Å²) in [7, 11) is 1.64. The second-order valence-corrected chi connectivity index (χ2v) is 7.54. The zero-order valence-corrected chi connectivity index (χ0v) is 18.7. The number of rotatable bonds is 10. The summed E-state index contributed by atoms with van der Waals surface area (Å²) in [6.45, 7) is 5.11. The molecule has 1 heterocycles. The summed E-state index contributed by atoms with van der Waals surface area (Å²) in [5.74, 6) is 2.03. The van der Waals surface area contributed by atoms with Crippen LogP contribution in [0.4, 0.5) is 0 Å². The Labute approximate surface area is 193 Å². The molecule has 0 aliphatic heterocycles. The third-order valence-electron chi connectivity index (χ3n) is 5.36. The van der Waals surface area contributed by atoms with E-state index in [1.54, 1.807) is 19.2 Å². The highest BCUT2D eigenvalue weighted by molar-refractivity contribution is 5.94. The van der Waals surface area contributed by atoms with Crippen molar-refractivity contribution in [2.45, 2.75) is 19.5 Å². The number of hydrogen-bond donors (Lipinski definition) is 1. The maximum absolute atomic E-state index is 12.5. The van der Waals surface area contributed by atoms with Gasteiger partial charge in [0, 0.05) is 5.56 Å². The van der Waals surface area contributed by atoms with Crippen molar-refractivity contribution in [1.29, 1.82) is 0 Å². The molecule has 6 nitrogen and oxygen atoms in total. The first kappa shape index (κ1) is 22.1. The number of fused-ring (bicyclic) bond motifs is 1. The van der Waals surface area contributed by atoms with Crippen molar-refractivity contribution in [3.05, 3.63) is 102 Å². The van der Waals surface area contributed by atoms with Gasteiger partial charge in [0.1, 0.15) is 12.4 Å². The molecule has 1 amide bonds. The molecule has 4 rings (SSSR count). The molecule has 0 fully saturated rings. The molecule has 0 radical (unpaired) electrons. The summed E-state index contributed by atoms with van der Waals surface area (Å²) >= 11 is 0. The van der Waals surface area contributed by atoms with Crippen molar-refractivity contribution < 1.29 is 14.3 Å². The van der Waals surface area contributed by atoms with Gasteiger partial charge in [0.15, 0.2) is 11.5 Å². The van der Waals surface area contributed by atoms with Gasteiger partial charge in [-0.3, -0.25) is 4.79 Å². The Morgan fingerprint density at radius 2 is 1.85 bits per heavy atom. The minimum absolute atomic E-state index is 0.130. The fraction of sp³-hybridized carbons (Fsp3) is 0.185. The topological polar surface area (TPSA) is 65.4 Å². The maximum atomic E-state index is 12.5. The number of nitrogens with zero attached hydrogens (tertiary/aromatic N) is 2. The summed E-state index contributed by atoms with van der Waals surface area (Å²) in [4.78, 5) is 17.2. The summed E-state index contributed by atoms with van der Waals surface area (Å²) in [5, 5.41) is 2.97. The quantitative estimate of drug-likeness (QED) is 0.360. The molecule has 0 aliphatic rings. The van der Waals surface area contributed by atoms with E-state index in [0.29, 0.717) is 36.8 Å². The minimum Gasteiger partial charge on any atom is -0.493 e. The van der Waals surface area contributed by atoms with E-state index in [4.69, 9.17) is 14.5 Å². The van der Waals surface area contributed by atoms with E-state index in [0.717, 1.165) is 28.8 Å². The Morgan fingerprint density at radius 3 is 2.64 bits per heavy atom. The largest absolute Gasteiger partial charge is 0.493 e. The van der Waals surface area contributed by atoms with Crippen LogP contribution in [0.5, 0.6) is 11.5 Å². The molecule has 0 atom stereocenters. The number of para-hydroxylation sites is 2. The number of carbonyl (C=O) groups excluding carboxylic acids is 1. The summed E-state index contributed by atoms with van der Waals surface area (Å²) in [6, 6.07) is 23.0. The first-order valence-corrected chi connectivity index (χ1v) is 10.9. The van der Waals surface area contributed by atoms with Crippen molar-refractivity contribution in [2.75, 3.05) is 13.7 Å². The van der Waals surface area contributed by atoms with Crippen molar-refractivity contribution in [3.63, 3.8) is 0 Å². The first-order chi connectivity index (χ1) is 16.2. The van der Waals surface area contributed by atoms with Crippen LogP contribution in [0.15, 0.2) is 85.5 Å². The van der Waals surface area contributed by atoms with Gasteiger partial charge < -0.3 is 19.4 Å². The number of allylic oxidation sites excluding steroid dienone is 1. The Bertz CT molecular complexity index is 1250. The number of aromatic nitrogens is 2. The molecule has 0 bridgehead atoms. The highest BCUT2D eigenvalue weighted by atomic mass is 16.5. The average Bonchev–Trinajstić information content (AvgIpc) is 3.21. The monoisotopic (exact) mass is 441 g/mol. The van der Waals surface area contributed by atoms with E-state index < -0.39 is 0 Å². The zero-order valence-electron chi connectivity index (χ0n) is 18.7. The number of hydrogen-bond acceptors (Lipinski definition) is 4. The number of imidazole rings is 1. The molecule has 1 aromatic heterocycles. The number of nitrogens with one attached hydrogen (secondary N) is 1. The van der Waals surface area contributed by atoms with E-state index in [1.165, 1.54) is 0 Å². The Kier molecular flexibility index (Phi) is 7.05. The molecular formula is C27H27N3O3. The van der Waals surface area contributed by atoms with Gasteiger partial charge in [0.2, 0.25) is 0 Å². The zero-order chi connectivity index (χ0) is 23.0. The minimum atomic E-state index is -0.130. The van der Waals surface area contributed by atoms with E-state index in [9.17, 15) is 4.79 Å². The van der Waals surface area contributed by atoms with Gasteiger partial charge in [-0.05, 0) is 48.4 Å². The Hall–Kier alpha value is -4.06. The number of carbonyl (C=O) groups is 1. The Morgan fingerprint density at radius 1 is 1.06 bits per heavy atom. The molecular weight excluding hydrogens is 414 g/mol. The van der Waals surface area contributed by atoms with Crippen LogP contribution >= 0.6 is 0 Å². The molecule has 0 saturated carbocycles. The van der Waals surface area contributed by atoms with E-state index in [2.05, 4.69) is 16.5 Å². The summed E-state index contributed by atoms with van der Waals surface area (Å²) in [6.07, 6.45) is 2.63. The van der Waals surface area contributed by atoms with Crippen LogP contribution in [0.3, 0.4) is 0 Å². The number of ether oxygens (including phenoxy) is 2. The van der Waals surface area contributed by atoms with E-state index >= 15 is 0 Å². The van der Waals surface area contributed by atoms with Gasteiger partial charge in [-0.25, -0.2) is 4.98 Å². The second kappa shape index (κ2) is 10.5. The van der Waals surface area contributed by atoms with Crippen molar-refractivity contribution in [1.82, 2.24) is 14.9 Å². The highest BCUT2D eigenvalue weighted by Gasteiger charge is 2.13. The molecule has 1 N–H and O–H groups in total. The SMILES string of the molecule is C=CCc1ccc(OCCn2c(CNC(=O)c3ccccc3)nc3ccccc32)c(OC)c1. The lowest BCUT2D eigenvalue weighted by molar-refractivity contribution is 0.0949. The third kappa shape index (κ3) is 5.23. The van der Waals surface area contributed by atoms with Crippen LogP contribution in [-0.4, -0.2) is 29.2 Å². The molecule has 0 unspecified atom stereocenters. The molecule has 168 valence electrons. The average molecular weight is 442 g/mol. The molecule has 4 aromatic rings. The number of benzene rings is 3. The molecule has 0 saturated heterocycles. The van der Waals surface area contributed by atoms with Crippen molar-refractivity contribution in [2.24, 2.45) is 0 Å². The van der Waals surface area contributed by atoms with Gasteiger partial charge in [0.25, 0.3) is 5.91 Å². The number of amides is 1. The second-order valence-electron chi connectivity index (χ2n) is 7.54. The van der Waals surface area contributed by atoms with Crippen LogP contribution in [0.1, 0.15) is 21.7 Å². The molecule has 33 heavy (non-hydrogen) atoms. The fourth-order valence-corrected chi connectivity index (χ4v) is 3.73. The number of methoxy groups -OCH3 is 1. The standard InChI is InChI=1S/C27H27N3O3/c1-3-9-20-14-15-24(25(18-20)32-2)33-17-16-30-23-13-8-7-12-22(23)29-26(30)19-28-27(31)21-10-5-4-6-11-21/h3-8,10-15,18H,1,9,16-17,19H2,2H3,(H,28,31). The predicted octanol–water partition coefficient (Wildman–Crippen LogP) is 4.78. The predicted molar refractivity (Wildman–Crippen MR) is 130 cm³/mol. The van der Waals surface area contributed by atoms with Crippen LogP contribution in [-0.2, 0) is 19.5 Å². The van der Waals surface area contributed by atoms with Gasteiger partial charge in [-0.2, -0.15) is 0 Å². The highest BCUT2D eigenvalue weighted by Crippen LogP contribution is 2.28. The summed E-state index contributed by atoms with van der Waals surface area (Å²) < 4.78 is 13.6. The van der Waals surface area contributed by atoms with Gasteiger partial charge >= 0.3 is 0 Å². The van der Waals surface area contributed by atoms with Crippen molar-refractivity contribution in [3.8, 4) is 11.5 Å². The fourth-order valence-electron chi connectivity index (χ4n) is 3.73. The molecule has 6 heteroatoms. The molecule has 3 aromatic carbocycles. The maximum Gasteiger partial charge on any atom is 0.251 e. The lowest BCUT2D eigenvalue weighted by Crippen LogP contribution is -2.25. The normalized spacial score (nSPS) is 10.7. The first-order valence-electron chi connectivity index (χ1n) is 10.9. The van der Waals surface area contributed by atoms with Gasteiger partial charge in [-0.1, -0.05) is 42.5 Å². The molecule has 0 aliphatic carbocycles. The van der Waals surface area contributed by atoms with Crippen molar-refractivity contribution >= 4 is 16.9 Å². The lowest BCUT2D eigenvalue weighted by Gasteiger charge is -2.14. The molecule has 0 spiro atoms. The third-order valence-corrected chi connectivity index (χ3v) is 5.36. The Balaban J connectivity index is 1.48.